The number of rotatable bonds is 12. The Balaban J connectivity index is 1.14. The van der Waals surface area contributed by atoms with Gasteiger partial charge in [-0.3, -0.25) is 0 Å². The van der Waals surface area contributed by atoms with Gasteiger partial charge in [-0.05, 0) is 53.1 Å². The summed E-state index contributed by atoms with van der Waals surface area (Å²) in [6, 6.07) is 32.0. The van der Waals surface area contributed by atoms with E-state index in [1.807, 2.05) is 78.9 Å². The van der Waals surface area contributed by atoms with E-state index in [0.717, 1.165) is 33.8 Å². The van der Waals surface area contributed by atoms with Gasteiger partial charge in [0.05, 0.1) is 25.4 Å². The lowest BCUT2D eigenvalue weighted by Gasteiger charge is -2.36. The highest BCUT2D eigenvalue weighted by Gasteiger charge is 2.32. The minimum absolute atomic E-state index is 0.00144. The number of aliphatic hydroxyl groups is 2. The molecule has 1 heterocycles. The number of benzene rings is 4. The average molecular weight is 601 g/mol. The van der Waals surface area contributed by atoms with Crippen LogP contribution in [0.3, 0.4) is 0 Å². The molecule has 43 heavy (non-hydrogen) atoms. The number of anilines is 1. The number of urea groups is 1. The average Bonchev–Trinajstić information content (AvgIpc) is 3.05. The molecule has 4 aromatic carbocycles. The van der Waals surface area contributed by atoms with Crippen molar-refractivity contribution < 1.29 is 29.2 Å². The predicted molar refractivity (Wildman–Crippen MR) is 168 cm³/mol. The van der Waals surface area contributed by atoms with Gasteiger partial charge in [0.1, 0.15) is 11.5 Å². The van der Waals surface area contributed by atoms with E-state index in [0.29, 0.717) is 30.2 Å². The molecule has 8 nitrogen and oxygen atoms in total. The molecule has 4 N–H and O–H groups in total. The molecule has 0 aromatic heterocycles. The molecule has 0 saturated carbocycles. The van der Waals surface area contributed by atoms with E-state index >= 15 is 0 Å². The lowest BCUT2D eigenvalue weighted by atomic mass is 10.0. The van der Waals surface area contributed by atoms with Crippen LogP contribution >= 0.6 is 11.8 Å². The summed E-state index contributed by atoms with van der Waals surface area (Å²) in [6.07, 6.45) is -0.0417. The Morgan fingerprint density at radius 2 is 1.49 bits per heavy atom. The third kappa shape index (κ3) is 9.06. The zero-order valence-corrected chi connectivity index (χ0v) is 24.5. The summed E-state index contributed by atoms with van der Waals surface area (Å²) in [5.74, 6) is 2.85. The highest BCUT2D eigenvalue weighted by Crippen LogP contribution is 2.38. The van der Waals surface area contributed by atoms with Crippen molar-refractivity contribution in [3.8, 4) is 11.5 Å². The highest BCUT2D eigenvalue weighted by molar-refractivity contribution is 7.99. The van der Waals surface area contributed by atoms with Crippen molar-refractivity contribution in [2.45, 2.75) is 38.1 Å². The molecule has 0 aliphatic carbocycles. The van der Waals surface area contributed by atoms with E-state index in [2.05, 4.69) is 10.6 Å². The van der Waals surface area contributed by atoms with E-state index in [-0.39, 0.29) is 31.5 Å². The molecular formula is C34H36N2O6S. The van der Waals surface area contributed by atoms with Crippen LogP contribution in [-0.2, 0) is 22.6 Å². The number of aliphatic hydroxyl groups excluding tert-OH is 2. The number of thioether (sulfide) groups is 1. The minimum Gasteiger partial charge on any atom is -0.457 e. The maximum atomic E-state index is 12.5. The minimum atomic E-state index is -0.546. The van der Waals surface area contributed by atoms with Crippen LogP contribution in [0, 0.1) is 0 Å². The second kappa shape index (κ2) is 15.6. The summed E-state index contributed by atoms with van der Waals surface area (Å²) < 4.78 is 18.5. The summed E-state index contributed by atoms with van der Waals surface area (Å²) in [6.45, 7) is 0.485. The normalized spacial score (nSPS) is 18.1. The van der Waals surface area contributed by atoms with Crippen LogP contribution < -0.4 is 15.4 Å². The van der Waals surface area contributed by atoms with Crippen LogP contribution in [0.1, 0.15) is 41.1 Å². The zero-order valence-electron chi connectivity index (χ0n) is 23.7. The van der Waals surface area contributed by atoms with Crippen molar-refractivity contribution in [3.63, 3.8) is 0 Å². The number of hydrogen-bond acceptors (Lipinski definition) is 7. The number of ether oxygens (including phenoxy) is 3. The fraction of sp³-hybridized carbons (Fsp3) is 0.265. The van der Waals surface area contributed by atoms with E-state index < -0.39 is 6.29 Å². The molecule has 224 valence electrons. The van der Waals surface area contributed by atoms with Crippen molar-refractivity contribution >= 4 is 23.5 Å². The number of para-hydroxylation sites is 1. The second-order valence-corrected chi connectivity index (χ2v) is 11.3. The maximum Gasteiger partial charge on any atom is 0.319 e. The van der Waals surface area contributed by atoms with Crippen LogP contribution in [0.4, 0.5) is 10.5 Å². The third-order valence-corrected chi connectivity index (χ3v) is 8.03. The number of nitrogens with one attached hydrogen (secondary N) is 2. The number of amides is 2. The molecule has 1 aliphatic rings. The summed E-state index contributed by atoms with van der Waals surface area (Å²) in [7, 11) is 0. The first-order chi connectivity index (χ1) is 21.1. The molecule has 4 aromatic rings. The van der Waals surface area contributed by atoms with Gasteiger partial charge in [0.2, 0.25) is 0 Å². The highest BCUT2D eigenvalue weighted by atomic mass is 32.2. The summed E-state index contributed by atoms with van der Waals surface area (Å²) >= 11 is 1.66. The Bertz CT molecular complexity index is 1420. The topological polar surface area (TPSA) is 109 Å². The van der Waals surface area contributed by atoms with Gasteiger partial charge in [0.15, 0.2) is 6.29 Å². The SMILES string of the molecule is O=C(NCc1ccc([C@H]2O[C@@H](CSCCO)C[C@@H](c3ccc(CO)cc3)O2)cc1)Nc1ccc(Oc2ccccc2)cc1. The van der Waals surface area contributed by atoms with Crippen LogP contribution in [0.2, 0.25) is 0 Å². The van der Waals surface area contributed by atoms with Crippen LogP contribution in [0.15, 0.2) is 103 Å². The monoisotopic (exact) mass is 600 g/mol. The van der Waals surface area contributed by atoms with E-state index in [1.54, 1.807) is 36.0 Å². The Morgan fingerprint density at radius 3 is 2.19 bits per heavy atom. The lowest BCUT2D eigenvalue weighted by molar-refractivity contribution is -0.245. The van der Waals surface area contributed by atoms with Gasteiger partial charge in [-0.15, -0.1) is 0 Å². The molecule has 0 spiro atoms. The standard InChI is InChI=1S/C34H36N2O6S/c37-18-19-43-23-31-20-32(26-10-8-25(22-38)9-11-26)42-33(41-31)27-12-6-24(7-13-27)21-35-34(39)36-28-14-16-30(17-15-28)40-29-4-2-1-3-5-29/h1-17,31-33,37-38H,18-23H2,(H2,35,36,39)/t31-,32+,33+/m1/s1. The van der Waals surface area contributed by atoms with Crippen molar-refractivity contribution in [2.24, 2.45) is 0 Å². The molecule has 2 amide bonds. The lowest BCUT2D eigenvalue weighted by Crippen LogP contribution is -2.31. The molecule has 9 heteroatoms. The van der Waals surface area contributed by atoms with Crippen molar-refractivity contribution in [1.82, 2.24) is 5.32 Å². The molecule has 1 saturated heterocycles. The van der Waals surface area contributed by atoms with Gasteiger partial charge in [-0.25, -0.2) is 4.79 Å². The first kappa shape index (κ1) is 30.6. The number of carbonyl (C=O) groups is 1. The van der Waals surface area contributed by atoms with Gasteiger partial charge >= 0.3 is 6.03 Å². The van der Waals surface area contributed by atoms with Gasteiger partial charge in [0.25, 0.3) is 0 Å². The first-order valence-electron chi connectivity index (χ1n) is 14.3. The van der Waals surface area contributed by atoms with Gasteiger partial charge in [0, 0.05) is 35.7 Å². The summed E-state index contributed by atoms with van der Waals surface area (Å²) in [5, 5.41) is 24.3. The molecular weight excluding hydrogens is 564 g/mol. The first-order valence-corrected chi connectivity index (χ1v) is 15.4. The largest absolute Gasteiger partial charge is 0.457 e. The Morgan fingerprint density at radius 1 is 0.814 bits per heavy atom. The molecule has 0 radical (unpaired) electrons. The van der Waals surface area contributed by atoms with E-state index in [1.165, 1.54) is 0 Å². The Labute approximate surface area is 256 Å². The Hall–Kier alpha value is -3.86. The van der Waals surface area contributed by atoms with Gasteiger partial charge < -0.3 is 35.1 Å². The molecule has 3 atom stereocenters. The fourth-order valence-electron chi connectivity index (χ4n) is 4.68. The quantitative estimate of drug-likeness (QED) is 0.136. The van der Waals surface area contributed by atoms with Crippen LogP contribution in [0.5, 0.6) is 11.5 Å². The number of hydrogen-bond donors (Lipinski definition) is 4. The van der Waals surface area contributed by atoms with Crippen LogP contribution in [0.25, 0.3) is 0 Å². The van der Waals surface area contributed by atoms with E-state index in [9.17, 15) is 15.0 Å². The summed E-state index contributed by atoms with van der Waals surface area (Å²) in [5.41, 5.74) is 4.37. The smallest absolute Gasteiger partial charge is 0.319 e. The van der Waals surface area contributed by atoms with Crippen molar-refractivity contribution in [2.75, 3.05) is 23.4 Å². The van der Waals surface area contributed by atoms with Crippen molar-refractivity contribution in [1.29, 1.82) is 0 Å². The fourth-order valence-corrected chi connectivity index (χ4v) is 5.46. The molecule has 0 unspecified atom stereocenters. The maximum absolute atomic E-state index is 12.5. The molecule has 1 aliphatic heterocycles. The number of carbonyl (C=O) groups excluding carboxylic acids is 1. The zero-order chi connectivity index (χ0) is 29.9. The second-order valence-electron chi connectivity index (χ2n) is 10.1. The van der Waals surface area contributed by atoms with Crippen molar-refractivity contribution in [3.05, 3.63) is 125 Å². The molecule has 1 fully saturated rings. The van der Waals surface area contributed by atoms with Gasteiger partial charge in [-0.2, -0.15) is 11.8 Å². The third-order valence-electron chi connectivity index (χ3n) is 6.95. The Kier molecular flexibility index (Phi) is 11.1. The predicted octanol–water partition coefficient (Wildman–Crippen LogP) is 6.56. The van der Waals surface area contributed by atoms with Crippen LogP contribution in [-0.4, -0.2) is 40.5 Å². The molecule has 5 rings (SSSR count). The summed E-state index contributed by atoms with van der Waals surface area (Å²) in [4.78, 5) is 12.5. The van der Waals surface area contributed by atoms with E-state index in [4.69, 9.17) is 14.2 Å². The molecule has 0 bridgehead atoms. The van der Waals surface area contributed by atoms with Gasteiger partial charge in [-0.1, -0.05) is 66.7 Å².